The quantitative estimate of drug-likeness (QED) is 0.414. The summed E-state index contributed by atoms with van der Waals surface area (Å²) < 4.78 is 86.5. The number of halogens is 9. The first-order valence-electron chi connectivity index (χ1n) is 3.76. The second-order valence-electron chi connectivity index (χ2n) is 2.74. The Morgan fingerprint density at radius 3 is 1.28 bits per heavy atom. The predicted octanol–water partition coefficient (Wildman–Crippen LogP) is 4.67. The van der Waals surface area contributed by atoms with Crippen molar-refractivity contribution in [1.29, 1.82) is 0 Å². The fourth-order valence-corrected chi connectivity index (χ4v) is 2.38. The van der Waals surface area contributed by atoms with Gasteiger partial charge in [-0.15, -0.1) is 0 Å². The van der Waals surface area contributed by atoms with Crippen molar-refractivity contribution in [3.05, 3.63) is 0 Å². The third kappa shape index (κ3) is 7.25. The van der Waals surface area contributed by atoms with E-state index in [-0.39, 0.29) is 0 Å². The molecule has 0 radical (unpaired) electrons. The van der Waals surface area contributed by atoms with E-state index in [1.54, 1.807) is 0 Å². The van der Waals surface area contributed by atoms with Crippen molar-refractivity contribution in [2.45, 2.75) is 15.9 Å². The van der Waals surface area contributed by atoms with Gasteiger partial charge in [0, 0.05) is 0 Å². The summed E-state index contributed by atoms with van der Waals surface area (Å²) in [4.78, 5) is 0. The van der Waals surface area contributed by atoms with Crippen LogP contribution < -0.4 is 0 Å². The molecule has 0 aromatic rings. The topological polar surface area (TPSA) is 35.5 Å². The zero-order valence-electron chi connectivity index (χ0n) is 7.99. The van der Waals surface area contributed by atoms with Crippen LogP contribution >= 0.6 is 42.4 Å². The standard InChI is InChI=1S/C5H4Cl3F6O3P/c6-5(7,8)18(15,16-1-3(9,10)11)17-2-4(12,13)14/h1-2H2. The van der Waals surface area contributed by atoms with E-state index in [9.17, 15) is 30.9 Å². The van der Waals surface area contributed by atoms with E-state index in [0.717, 1.165) is 0 Å². The van der Waals surface area contributed by atoms with Crippen LogP contribution in [-0.4, -0.2) is 29.1 Å². The molecule has 0 saturated carbocycles. The number of alkyl halides is 9. The van der Waals surface area contributed by atoms with Crippen LogP contribution in [0.3, 0.4) is 0 Å². The molecule has 0 unspecified atom stereocenters. The molecule has 110 valence electrons. The molecule has 0 aliphatic heterocycles. The SMILES string of the molecule is O=P(OCC(F)(F)F)(OCC(F)(F)F)C(Cl)(Cl)Cl. The van der Waals surface area contributed by atoms with E-state index in [2.05, 4.69) is 9.05 Å². The molecular formula is C5H4Cl3F6O3P. The van der Waals surface area contributed by atoms with E-state index in [4.69, 9.17) is 34.8 Å². The minimum atomic E-state index is -5.24. The highest BCUT2D eigenvalue weighted by molar-refractivity contribution is 7.62. The molecule has 0 spiro atoms. The van der Waals surface area contributed by atoms with Gasteiger partial charge in [0.25, 0.3) is 3.53 Å². The van der Waals surface area contributed by atoms with Crippen LogP contribution in [0, 0.1) is 0 Å². The summed E-state index contributed by atoms with van der Waals surface area (Å²) in [5.41, 5.74) is 0. The molecule has 0 aliphatic carbocycles. The van der Waals surface area contributed by atoms with Crippen LogP contribution in [-0.2, 0) is 13.6 Å². The summed E-state index contributed by atoms with van der Waals surface area (Å²) in [6.07, 6.45) is -9.96. The Bertz CT molecular complexity index is 302. The Labute approximate surface area is 112 Å². The van der Waals surface area contributed by atoms with Gasteiger partial charge in [-0.1, -0.05) is 34.8 Å². The van der Waals surface area contributed by atoms with Crippen LogP contribution in [0.2, 0.25) is 0 Å². The van der Waals surface area contributed by atoms with Gasteiger partial charge in [0.1, 0.15) is 0 Å². The number of hydrogen-bond donors (Lipinski definition) is 0. The van der Waals surface area contributed by atoms with Crippen LogP contribution in [0.4, 0.5) is 26.3 Å². The van der Waals surface area contributed by atoms with Crippen LogP contribution in [0.5, 0.6) is 0 Å². The van der Waals surface area contributed by atoms with Gasteiger partial charge in [0.15, 0.2) is 13.2 Å². The van der Waals surface area contributed by atoms with Gasteiger partial charge < -0.3 is 0 Å². The molecule has 3 nitrogen and oxygen atoms in total. The summed E-state index contributed by atoms with van der Waals surface area (Å²) in [6, 6.07) is 0. The van der Waals surface area contributed by atoms with Gasteiger partial charge in [-0.2, -0.15) is 26.3 Å². The Morgan fingerprint density at radius 1 is 0.833 bits per heavy atom. The minimum Gasteiger partial charge on any atom is -0.296 e. The summed E-state index contributed by atoms with van der Waals surface area (Å²) in [5, 5.41) is 0. The minimum absolute atomic E-state index is 2.18. The van der Waals surface area contributed by atoms with Crippen molar-refractivity contribution in [2.24, 2.45) is 0 Å². The lowest BCUT2D eigenvalue weighted by atomic mass is 10.7. The maximum absolute atomic E-state index is 11.8. The van der Waals surface area contributed by atoms with Gasteiger partial charge in [-0.25, -0.2) is 0 Å². The zero-order valence-corrected chi connectivity index (χ0v) is 11.2. The van der Waals surface area contributed by atoms with Crippen LogP contribution in [0.1, 0.15) is 0 Å². The van der Waals surface area contributed by atoms with Crippen molar-refractivity contribution in [2.75, 3.05) is 13.2 Å². The van der Waals surface area contributed by atoms with Crippen LogP contribution in [0.25, 0.3) is 0 Å². The highest BCUT2D eigenvalue weighted by Gasteiger charge is 2.51. The van der Waals surface area contributed by atoms with E-state index in [1.807, 2.05) is 0 Å². The second-order valence-corrected chi connectivity index (χ2v) is 8.00. The Balaban J connectivity index is 4.82. The predicted molar refractivity (Wildman–Crippen MR) is 51.9 cm³/mol. The van der Waals surface area contributed by atoms with Crippen molar-refractivity contribution < 1.29 is 40.0 Å². The molecule has 13 heteroatoms. The molecule has 0 bridgehead atoms. The maximum Gasteiger partial charge on any atom is 0.412 e. The van der Waals surface area contributed by atoms with E-state index in [1.165, 1.54) is 0 Å². The first kappa shape index (κ1) is 18.6. The van der Waals surface area contributed by atoms with Crippen molar-refractivity contribution in [1.82, 2.24) is 0 Å². The normalized spacial score (nSPS) is 14.9. The van der Waals surface area contributed by atoms with Gasteiger partial charge >= 0.3 is 19.9 Å². The Morgan fingerprint density at radius 2 is 1.11 bits per heavy atom. The van der Waals surface area contributed by atoms with Gasteiger partial charge in [-0.3, -0.25) is 13.6 Å². The summed E-state index contributed by atoms with van der Waals surface area (Å²) in [7, 11) is -5.24. The largest absolute Gasteiger partial charge is 0.412 e. The first-order valence-corrected chi connectivity index (χ1v) is 6.43. The third-order valence-electron chi connectivity index (χ3n) is 1.11. The molecule has 0 aromatic heterocycles. The molecule has 0 amide bonds. The van der Waals surface area contributed by atoms with E-state index in [0.29, 0.717) is 0 Å². The fraction of sp³-hybridized carbons (Fsp3) is 1.00. The fourth-order valence-electron chi connectivity index (χ4n) is 0.500. The highest BCUT2D eigenvalue weighted by Crippen LogP contribution is 2.67. The lowest BCUT2D eigenvalue weighted by Crippen LogP contribution is -2.23. The summed E-state index contributed by atoms with van der Waals surface area (Å²) >= 11 is 14.9. The number of rotatable bonds is 4. The monoisotopic (exact) mass is 362 g/mol. The maximum atomic E-state index is 11.8. The van der Waals surface area contributed by atoms with Crippen molar-refractivity contribution in [3.63, 3.8) is 0 Å². The second kappa shape index (κ2) is 5.93. The van der Waals surface area contributed by atoms with Gasteiger partial charge in [-0.05, 0) is 0 Å². The molecule has 0 rings (SSSR count). The van der Waals surface area contributed by atoms with Crippen molar-refractivity contribution >= 4 is 42.4 Å². The van der Waals surface area contributed by atoms with Crippen LogP contribution in [0.15, 0.2) is 0 Å². The molecular weight excluding hydrogens is 359 g/mol. The van der Waals surface area contributed by atoms with Gasteiger partial charge in [0.2, 0.25) is 0 Å². The lowest BCUT2D eigenvalue weighted by Gasteiger charge is -2.25. The molecule has 0 fully saturated rings. The molecule has 18 heavy (non-hydrogen) atoms. The molecule has 0 atom stereocenters. The van der Waals surface area contributed by atoms with E-state index < -0.39 is 36.7 Å². The lowest BCUT2D eigenvalue weighted by molar-refractivity contribution is -0.165. The summed E-state index contributed by atoms with van der Waals surface area (Å²) in [6.45, 7) is -4.37. The molecule has 0 N–H and O–H groups in total. The average Bonchev–Trinajstić information content (AvgIpc) is 2.07. The average molecular weight is 363 g/mol. The third-order valence-corrected chi connectivity index (χ3v) is 4.53. The number of hydrogen-bond acceptors (Lipinski definition) is 3. The molecule has 0 aliphatic rings. The van der Waals surface area contributed by atoms with E-state index >= 15 is 0 Å². The Hall–Kier alpha value is 0.600. The van der Waals surface area contributed by atoms with Gasteiger partial charge in [0.05, 0.1) is 0 Å². The molecule has 0 aromatic carbocycles. The highest BCUT2D eigenvalue weighted by atomic mass is 35.6. The first-order chi connectivity index (χ1) is 7.66. The van der Waals surface area contributed by atoms with Crippen molar-refractivity contribution in [3.8, 4) is 0 Å². The summed E-state index contributed by atoms with van der Waals surface area (Å²) in [5.74, 6) is 0. The smallest absolute Gasteiger partial charge is 0.296 e. The molecule has 0 saturated heterocycles. The Kier molecular flexibility index (Phi) is 6.13. The zero-order chi connectivity index (χ0) is 14.8. The molecule has 0 heterocycles.